The number of carbonyl (C=O) groups excluding carboxylic acids is 2. The van der Waals surface area contributed by atoms with Crippen LogP contribution in [0.25, 0.3) is 0 Å². The minimum atomic E-state index is -0.893. The summed E-state index contributed by atoms with van der Waals surface area (Å²) in [6.45, 7) is 4.36. The molecular weight excluding hydrogens is 691 g/mol. The van der Waals surface area contributed by atoms with Gasteiger partial charge in [0, 0.05) is 19.3 Å². The SMILES string of the molecule is CC/C=C/C=C/C=C/C=C/C=C/CCCCCC(=O)OCC(COCCC(C(=O)O)[N+](C)(C)C)OC(=O)CCCCC/C=C/C/C=C/C/C=C/C/C=C/CC. The molecule has 0 aliphatic carbocycles. The summed E-state index contributed by atoms with van der Waals surface area (Å²) < 4.78 is 17.2. The second-order valence-corrected chi connectivity index (χ2v) is 14.2. The number of hydrogen-bond donors (Lipinski definition) is 1. The van der Waals surface area contributed by atoms with E-state index in [4.69, 9.17) is 14.2 Å². The Balaban J connectivity index is 4.56. The van der Waals surface area contributed by atoms with Crippen molar-refractivity contribution >= 4 is 17.9 Å². The van der Waals surface area contributed by atoms with Crippen LogP contribution in [-0.2, 0) is 28.6 Å². The molecular formula is C47H74NO7+. The van der Waals surface area contributed by atoms with Crippen LogP contribution < -0.4 is 0 Å². The zero-order valence-corrected chi connectivity index (χ0v) is 34.8. The van der Waals surface area contributed by atoms with Crippen molar-refractivity contribution in [1.29, 1.82) is 0 Å². The third kappa shape index (κ3) is 35.4. The lowest BCUT2D eigenvalue weighted by Gasteiger charge is -2.31. The number of likely N-dealkylation sites (N-methyl/N-ethyl adjacent to an activating group) is 1. The normalized spacial score (nSPS) is 14.1. The number of ether oxygens (including phenoxy) is 3. The van der Waals surface area contributed by atoms with Crippen LogP contribution in [0.5, 0.6) is 0 Å². The zero-order valence-electron chi connectivity index (χ0n) is 34.8. The fourth-order valence-electron chi connectivity index (χ4n) is 5.16. The summed E-state index contributed by atoms with van der Waals surface area (Å²) in [5.41, 5.74) is 0. The van der Waals surface area contributed by atoms with Gasteiger partial charge in [0.15, 0.2) is 12.1 Å². The number of quaternary nitrogens is 1. The van der Waals surface area contributed by atoms with Crippen LogP contribution >= 0.6 is 0 Å². The highest BCUT2D eigenvalue weighted by molar-refractivity contribution is 5.72. The van der Waals surface area contributed by atoms with Crippen molar-refractivity contribution in [2.45, 2.75) is 129 Å². The molecule has 0 aromatic heterocycles. The maximum Gasteiger partial charge on any atom is 0.362 e. The first-order valence-electron chi connectivity index (χ1n) is 20.5. The fraction of sp³-hybridized carbons (Fsp3) is 0.553. The maximum atomic E-state index is 12.7. The number of aliphatic carboxylic acids is 1. The molecule has 8 heteroatoms. The Morgan fingerprint density at radius 2 is 1.05 bits per heavy atom. The van der Waals surface area contributed by atoms with E-state index in [9.17, 15) is 19.5 Å². The second kappa shape index (κ2) is 36.9. The van der Waals surface area contributed by atoms with Gasteiger partial charge in [-0.15, -0.1) is 0 Å². The Morgan fingerprint density at radius 1 is 0.564 bits per heavy atom. The molecule has 1 N–H and O–H groups in total. The number of unbranched alkanes of at least 4 members (excludes halogenated alkanes) is 6. The number of carboxylic acids is 1. The molecule has 55 heavy (non-hydrogen) atoms. The molecule has 308 valence electrons. The molecule has 0 bridgehead atoms. The molecule has 0 fully saturated rings. The van der Waals surface area contributed by atoms with Crippen LogP contribution in [0.2, 0.25) is 0 Å². The summed E-state index contributed by atoms with van der Waals surface area (Å²) in [7, 11) is 5.48. The predicted octanol–water partition coefficient (Wildman–Crippen LogP) is 10.9. The Morgan fingerprint density at radius 3 is 1.60 bits per heavy atom. The van der Waals surface area contributed by atoms with E-state index in [1.807, 2.05) is 69.8 Å². The van der Waals surface area contributed by atoms with E-state index in [1.165, 1.54) is 0 Å². The molecule has 0 heterocycles. The molecule has 8 nitrogen and oxygen atoms in total. The van der Waals surface area contributed by atoms with Gasteiger partial charge >= 0.3 is 17.9 Å². The molecule has 2 atom stereocenters. The van der Waals surface area contributed by atoms with E-state index in [1.54, 1.807) is 0 Å². The van der Waals surface area contributed by atoms with Gasteiger partial charge in [0.25, 0.3) is 0 Å². The lowest BCUT2D eigenvalue weighted by molar-refractivity contribution is -0.887. The Kier molecular flexibility index (Phi) is 34.2. The first-order valence-corrected chi connectivity index (χ1v) is 20.5. The Hall–Kier alpha value is -4.01. The lowest BCUT2D eigenvalue weighted by Crippen LogP contribution is -2.50. The van der Waals surface area contributed by atoms with Crippen LogP contribution in [0.1, 0.15) is 117 Å². The summed E-state index contributed by atoms with van der Waals surface area (Å²) in [5.74, 6) is -1.58. The summed E-state index contributed by atoms with van der Waals surface area (Å²) in [4.78, 5) is 36.9. The number of hydrogen-bond acceptors (Lipinski definition) is 6. The molecule has 0 spiro atoms. The third-order valence-corrected chi connectivity index (χ3v) is 8.30. The van der Waals surface area contributed by atoms with E-state index in [0.717, 1.165) is 70.6 Å². The number of allylic oxidation sites excluding steroid dienone is 18. The van der Waals surface area contributed by atoms with Crippen LogP contribution in [0.3, 0.4) is 0 Å². The van der Waals surface area contributed by atoms with Crippen molar-refractivity contribution in [1.82, 2.24) is 0 Å². The number of esters is 2. The number of nitrogens with zero attached hydrogens (tertiary/aromatic N) is 1. The Bertz CT molecular complexity index is 1260. The van der Waals surface area contributed by atoms with E-state index in [-0.39, 0.29) is 42.7 Å². The van der Waals surface area contributed by atoms with Crippen LogP contribution in [0.15, 0.2) is 109 Å². The largest absolute Gasteiger partial charge is 0.477 e. The summed E-state index contributed by atoms with van der Waals surface area (Å²) in [6.07, 6.45) is 49.9. The second-order valence-electron chi connectivity index (χ2n) is 14.2. The number of rotatable bonds is 34. The maximum absolute atomic E-state index is 12.7. The predicted molar refractivity (Wildman–Crippen MR) is 229 cm³/mol. The van der Waals surface area contributed by atoms with Crippen molar-refractivity contribution < 1.29 is 38.2 Å². The molecule has 0 saturated carbocycles. The van der Waals surface area contributed by atoms with E-state index in [2.05, 4.69) is 74.6 Å². The van der Waals surface area contributed by atoms with Gasteiger partial charge in [0.2, 0.25) is 0 Å². The smallest absolute Gasteiger partial charge is 0.362 e. The molecule has 0 saturated heterocycles. The van der Waals surface area contributed by atoms with Gasteiger partial charge in [-0.1, -0.05) is 136 Å². The van der Waals surface area contributed by atoms with Crippen LogP contribution in [0.4, 0.5) is 0 Å². The summed E-state index contributed by atoms with van der Waals surface area (Å²) >= 11 is 0. The fourth-order valence-corrected chi connectivity index (χ4v) is 5.16. The molecule has 0 rings (SSSR count). The van der Waals surface area contributed by atoms with Gasteiger partial charge in [0.05, 0.1) is 34.4 Å². The quantitative estimate of drug-likeness (QED) is 0.0229. The molecule has 0 aromatic rings. The molecule has 0 radical (unpaired) electrons. The lowest BCUT2D eigenvalue weighted by atomic mass is 10.1. The monoisotopic (exact) mass is 765 g/mol. The first-order chi connectivity index (χ1) is 26.6. The minimum Gasteiger partial charge on any atom is -0.477 e. The van der Waals surface area contributed by atoms with Gasteiger partial charge in [0.1, 0.15) is 6.61 Å². The Labute approximate surface area is 334 Å². The van der Waals surface area contributed by atoms with Gasteiger partial charge < -0.3 is 23.8 Å². The summed E-state index contributed by atoms with van der Waals surface area (Å²) in [6, 6.07) is -0.634. The molecule has 2 unspecified atom stereocenters. The zero-order chi connectivity index (χ0) is 40.7. The highest BCUT2D eigenvalue weighted by atomic mass is 16.6. The van der Waals surface area contributed by atoms with E-state index in [0.29, 0.717) is 25.7 Å². The van der Waals surface area contributed by atoms with E-state index >= 15 is 0 Å². The summed E-state index contributed by atoms with van der Waals surface area (Å²) in [5, 5.41) is 9.60. The average molecular weight is 765 g/mol. The van der Waals surface area contributed by atoms with Crippen molar-refractivity contribution in [3.05, 3.63) is 109 Å². The van der Waals surface area contributed by atoms with Gasteiger partial charge in [-0.05, 0) is 70.6 Å². The highest BCUT2D eigenvalue weighted by Crippen LogP contribution is 2.11. The topological polar surface area (TPSA) is 99.1 Å². The first kappa shape index (κ1) is 51.0. The molecule has 0 aliphatic rings. The standard InChI is InChI=1S/C47H73NO7/c1-6-8-10-12-14-16-18-20-22-24-26-28-30-32-34-36-38-46(50)55-43(41-53-40-39-44(47(51)52)48(3,4)5)42-54-45(49)37-35-33-31-29-27-25-23-21-19-17-15-13-11-9-7-2/h8-11,13-17,19-23,25-28,43-44H,6-7,12,18,24,29-42H2,1-5H3/p+1/b10-8+,11-9+,15-13+,16-14+,19-17+,22-20+,23-21+,27-25+,28-26+. The molecule has 0 aliphatic heterocycles. The average Bonchev–Trinajstić information content (AvgIpc) is 3.14. The molecule has 0 amide bonds. The van der Waals surface area contributed by atoms with Gasteiger partial charge in [-0.2, -0.15) is 0 Å². The van der Waals surface area contributed by atoms with Gasteiger partial charge in [-0.3, -0.25) is 9.59 Å². The number of carboxylic acid groups (broad SMARTS) is 1. The molecule has 0 aromatic carbocycles. The number of carbonyl (C=O) groups is 3. The van der Waals surface area contributed by atoms with Crippen molar-refractivity contribution in [2.24, 2.45) is 0 Å². The minimum absolute atomic E-state index is 0.0257. The van der Waals surface area contributed by atoms with Crippen LogP contribution in [0, 0.1) is 0 Å². The highest BCUT2D eigenvalue weighted by Gasteiger charge is 2.31. The third-order valence-electron chi connectivity index (χ3n) is 8.30. The van der Waals surface area contributed by atoms with Crippen LogP contribution in [-0.4, -0.2) is 80.6 Å². The van der Waals surface area contributed by atoms with Crippen molar-refractivity contribution in [2.75, 3.05) is 41.0 Å². The van der Waals surface area contributed by atoms with Crippen molar-refractivity contribution in [3.8, 4) is 0 Å². The van der Waals surface area contributed by atoms with E-state index < -0.39 is 18.1 Å². The van der Waals surface area contributed by atoms with Crippen molar-refractivity contribution in [3.63, 3.8) is 0 Å². The van der Waals surface area contributed by atoms with Gasteiger partial charge in [-0.25, -0.2) is 4.79 Å².